The van der Waals surface area contributed by atoms with Crippen molar-refractivity contribution >= 4 is 17.5 Å². The lowest BCUT2D eigenvalue weighted by Crippen LogP contribution is -2.41. The summed E-state index contributed by atoms with van der Waals surface area (Å²) in [5, 5.41) is 2.41. The van der Waals surface area contributed by atoms with Crippen molar-refractivity contribution < 1.29 is 41.0 Å². The Bertz CT molecular complexity index is 1370. The number of carbonyl (C=O) groups excluding carboxylic acids is 2. The first-order valence-electron chi connectivity index (χ1n) is 11.5. The molecule has 1 N–H and O–H groups in total. The molecule has 0 bridgehead atoms. The number of hydrogen-bond acceptors (Lipinski definition) is 4. The molecule has 1 saturated heterocycles. The average Bonchev–Trinajstić information content (AvgIpc) is 2.88. The van der Waals surface area contributed by atoms with Crippen LogP contribution in [0.5, 0.6) is 5.75 Å². The molecule has 0 unspecified atom stereocenters. The lowest BCUT2D eigenvalue weighted by molar-refractivity contribution is -0.137. The van der Waals surface area contributed by atoms with Crippen LogP contribution in [0.2, 0.25) is 0 Å². The van der Waals surface area contributed by atoms with E-state index in [4.69, 9.17) is 9.47 Å². The van der Waals surface area contributed by atoms with Gasteiger partial charge in [0.25, 0.3) is 11.8 Å². The van der Waals surface area contributed by atoms with E-state index < -0.39 is 52.2 Å². The van der Waals surface area contributed by atoms with Crippen molar-refractivity contribution in [2.24, 2.45) is 0 Å². The topological polar surface area (TPSA) is 67.9 Å². The number of nitrogens with zero attached hydrogens (tertiary/aromatic N) is 1. The highest BCUT2D eigenvalue weighted by atomic mass is 19.4. The number of rotatable bonds is 5. The Kier molecular flexibility index (Phi) is 7.68. The molecule has 1 aliphatic rings. The monoisotopic (exact) mass is 534 g/mol. The molecule has 2 amide bonds. The number of ether oxygens (including phenoxy) is 2. The van der Waals surface area contributed by atoms with E-state index >= 15 is 4.39 Å². The summed E-state index contributed by atoms with van der Waals surface area (Å²) in [6.45, 7) is 2.53. The van der Waals surface area contributed by atoms with Crippen LogP contribution in [0.15, 0.2) is 48.5 Å². The molecule has 1 fully saturated rings. The maximum atomic E-state index is 15.3. The Morgan fingerprint density at radius 3 is 2.26 bits per heavy atom. The maximum absolute atomic E-state index is 15.3. The first-order chi connectivity index (χ1) is 18.0. The largest absolute Gasteiger partial charge is 0.491 e. The van der Waals surface area contributed by atoms with Crippen molar-refractivity contribution in [1.29, 1.82) is 0 Å². The molecule has 0 aliphatic carbocycles. The molecule has 11 heteroatoms. The van der Waals surface area contributed by atoms with Gasteiger partial charge < -0.3 is 19.7 Å². The summed E-state index contributed by atoms with van der Waals surface area (Å²) >= 11 is 0. The number of carbonyl (C=O) groups is 2. The van der Waals surface area contributed by atoms with Gasteiger partial charge in [0.15, 0.2) is 17.4 Å². The van der Waals surface area contributed by atoms with Crippen LogP contribution in [0.1, 0.15) is 31.8 Å². The van der Waals surface area contributed by atoms with Crippen LogP contribution in [-0.4, -0.2) is 50.1 Å². The van der Waals surface area contributed by atoms with Gasteiger partial charge in [-0.05, 0) is 36.2 Å². The van der Waals surface area contributed by atoms with Crippen LogP contribution in [0, 0.1) is 18.6 Å². The van der Waals surface area contributed by atoms with Crippen LogP contribution >= 0.6 is 0 Å². The second-order valence-corrected chi connectivity index (χ2v) is 8.61. The summed E-state index contributed by atoms with van der Waals surface area (Å²) in [6.07, 6.45) is -4.53. The molecule has 38 heavy (non-hydrogen) atoms. The number of morpholine rings is 1. The van der Waals surface area contributed by atoms with E-state index in [1.165, 1.54) is 23.1 Å². The molecule has 0 saturated carbocycles. The molecule has 3 aromatic rings. The van der Waals surface area contributed by atoms with Gasteiger partial charge in [0.05, 0.1) is 31.6 Å². The average molecular weight is 534 g/mol. The highest BCUT2D eigenvalue weighted by Crippen LogP contribution is 2.35. The second-order valence-electron chi connectivity index (χ2n) is 8.61. The molecule has 0 radical (unpaired) electrons. The van der Waals surface area contributed by atoms with Gasteiger partial charge in [-0.1, -0.05) is 29.8 Å². The lowest BCUT2D eigenvalue weighted by atomic mass is 9.96. The van der Waals surface area contributed by atoms with Crippen molar-refractivity contribution in [2.45, 2.75) is 13.1 Å². The van der Waals surface area contributed by atoms with Gasteiger partial charge in [-0.15, -0.1) is 0 Å². The Balaban J connectivity index is 1.74. The zero-order valence-electron chi connectivity index (χ0n) is 20.4. The molecular formula is C27H23F5N2O4. The highest BCUT2D eigenvalue weighted by molar-refractivity contribution is 6.12. The first-order valence-corrected chi connectivity index (χ1v) is 11.5. The van der Waals surface area contributed by atoms with Crippen molar-refractivity contribution in [3.05, 3.63) is 82.4 Å². The maximum Gasteiger partial charge on any atom is 0.416 e. The Labute approximate surface area is 215 Å². The van der Waals surface area contributed by atoms with Crippen LogP contribution in [-0.2, 0) is 10.9 Å². The summed E-state index contributed by atoms with van der Waals surface area (Å²) in [6, 6.07) is 9.70. The van der Waals surface area contributed by atoms with Crippen LogP contribution in [0.4, 0.5) is 27.6 Å². The number of benzene rings is 3. The zero-order valence-corrected chi connectivity index (χ0v) is 20.4. The minimum Gasteiger partial charge on any atom is -0.491 e. The third-order valence-electron chi connectivity index (χ3n) is 6.08. The number of methoxy groups -OCH3 is 1. The fourth-order valence-electron chi connectivity index (χ4n) is 4.14. The molecule has 3 aromatic carbocycles. The number of nitrogens with one attached hydrogen (secondary N) is 1. The first kappa shape index (κ1) is 27.1. The molecule has 0 spiro atoms. The molecular weight excluding hydrogens is 511 g/mol. The Hall–Kier alpha value is -3.99. The van der Waals surface area contributed by atoms with E-state index in [1.54, 1.807) is 19.1 Å². The Morgan fingerprint density at radius 2 is 1.66 bits per heavy atom. The fourth-order valence-corrected chi connectivity index (χ4v) is 4.14. The third-order valence-corrected chi connectivity index (χ3v) is 6.08. The van der Waals surface area contributed by atoms with E-state index in [0.29, 0.717) is 11.1 Å². The van der Waals surface area contributed by atoms with E-state index in [2.05, 4.69) is 5.32 Å². The standard InChI is InChI=1S/C27H23F5N2O4/c1-15-3-8-18(19(13-15)16-4-6-17(7-5-16)27(30,31)32)25(35)33-21-14-20(28)24(37-2)23(29)22(21)26(36)34-9-11-38-12-10-34/h3-8,13-14H,9-12H2,1-2H3,(H,33,35). The summed E-state index contributed by atoms with van der Waals surface area (Å²) in [4.78, 5) is 27.9. The van der Waals surface area contributed by atoms with E-state index in [9.17, 15) is 27.2 Å². The van der Waals surface area contributed by atoms with Crippen molar-refractivity contribution in [3.8, 4) is 16.9 Å². The quantitative estimate of drug-likeness (QED) is 0.427. The molecule has 1 heterocycles. The van der Waals surface area contributed by atoms with Gasteiger partial charge in [-0.3, -0.25) is 9.59 Å². The predicted octanol–water partition coefficient (Wildman–Crippen LogP) is 5.69. The molecule has 1 aliphatic heterocycles. The zero-order chi connectivity index (χ0) is 27.6. The number of amides is 2. The number of halogens is 5. The van der Waals surface area contributed by atoms with Crippen LogP contribution in [0.25, 0.3) is 11.1 Å². The smallest absolute Gasteiger partial charge is 0.416 e. The minimum absolute atomic E-state index is 0.0248. The van der Waals surface area contributed by atoms with Gasteiger partial charge in [-0.25, -0.2) is 8.78 Å². The molecule has 6 nitrogen and oxygen atoms in total. The normalized spacial score (nSPS) is 13.8. The predicted molar refractivity (Wildman–Crippen MR) is 129 cm³/mol. The van der Waals surface area contributed by atoms with Gasteiger partial charge in [0.1, 0.15) is 5.56 Å². The van der Waals surface area contributed by atoms with Crippen LogP contribution in [0.3, 0.4) is 0 Å². The SMILES string of the molecule is COc1c(F)cc(NC(=O)c2ccc(C)cc2-c2ccc(C(F)(F)F)cc2)c(C(=O)N2CCOCC2)c1F. The van der Waals surface area contributed by atoms with Gasteiger partial charge in [0, 0.05) is 24.7 Å². The minimum atomic E-state index is -4.53. The van der Waals surface area contributed by atoms with Crippen molar-refractivity contribution in [2.75, 3.05) is 38.7 Å². The fraction of sp³-hybridized carbons (Fsp3) is 0.259. The summed E-state index contributed by atoms with van der Waals surface area (Å²) in [5.74, 6) is -4.79. The second kappa shape index (κ2) is 10.8. The van der Waals surface area contributed by atoms with Gasteiger partial charge in [0.2, 0.25) is 0 Å². The summed E-state index contributed by atoms with van der Waals surface area (Å²) in [5.41, 5.74) is -0.480. The van der Waals surface area contributed by atoms with Gasteiger partial charge in [-0.2, -0.15) is 13.2 Å². The number of aryl methyl sites for hydroxylation is 1. The van der Waals surface area contributed by atoms with E-state index in [-0.39, 0.29) is 31.9 Å². The molecule has 4 rings (SSSR count). The van der Waals surface area contributed by atoms with Gasteiger partial charge >= 0.3 is 6.18 Å². The van der Waals surface area contributed by atoms with Crippen LogP contribution < -0.4 is 10.1 Å². The number of hydrogen-bond donors (Lipinski definition) is 1. The highest BCUT2D eigenvalue weighted by Gasteiger charge is 2.31. The Morgan fingerprint density at radius 1 is 1.00 bits per heavy atom. The molecule has 0 aromatic heterocycles. The van der Waals surface area contributed by atoms with Crippen molar-refractivity contribution in [1.82, 2.24) is 4.90 Å². The van der Waals surface area contributed by atoms with E-state index in [0.717, 1.165) is 30.9 Å². The number of alkyl halides is 3. The molecule has 200 valence electrons. The summed E-state index contributed by atoms with van der Waals surface area (Å²) < 4.78 is 79.0. The third kappa shape index (κ3) is 5.47. The number of anilines is 1. The van der Waals surface area contributed by atoms with Crippen molar-refractivity contribution in [3.63, 3.8) is 0 Å². The lowest BCUT2D eigenvalue weighted by Gasteiger charge is -2.28. The summed E-state index contributed by atoms with van der Waals surface area (Å²) in [7, 11) is 1.05. The molecule has 0 atom stereocenters. The van der Waals surface area contributed by atoms with E-state index in [1.807, 2.05) is 0 Å².